The second-order valence-corrected chi connectivity index (χ2v) is 7.31. The van der Waals surface area contributed by atoms with Gasteiger partial charge in [0.1, 0.15) is 11.1 Å². The van der Waals surface area contributed by atoms with Gasteiger partial charge in [0.15, 0.2) is 5.96 Å². The summed E-state index contributed by atoms with van der Waals surface area (Å²) in [7, 11) is 3.67. The first-order chi connectivity index (χ1) is 12.0. The van der Waals surface area contributed by atoms with E-state index >= 15 is 0 Å². The molecule has 25 heavy (non-hydrogen) atoms. The van der Waals surface area contributed by atoms with Crippen molar-refractivity contribution < 1.29 is 14.6 Å². The minimum Gasteiger partial charge on any atom is -0.388 e. The normalized spacial score (nSPS) is 18.8. The number of ether oxygens (including phenoxy) is 2. The Hall–Kier alpha value is -1.22. The van der Waals surface area contributed by atoms with Crippen LogP contribution in [-0.2, 0) is 16.0 Å². The fourth-order valence-corrected chi connectivity index (χ4v) is 3.44. The zero-order chi connectivity index (χ0) is 18.3. The molecule has 0 radical (unpaired) electrons. The summed E-state index contributed by atoms with van der Waals surface area (Å²) >= 11 is 1.61. The van der Waals surface area contributed by atoms with E-state index in [0.29, 0.717) is 39.1 Å². The lowest BCUT2D eigenvalue weighted by Crippen LogP contribution is -2.43. The first kappa shape index (κ1) is 20.1. The number of hydrogen-bond acceptors (Lipinski definition) is 6. The molecular weight excluding hydrogens is 340 g/mol. The number of rotatable bonds is 7. The highest BCUT2D eigenvalue weighted by Crippen LogP contribution is 2.22. The molecule has 8 heteroatoms. The molecule has 1 aromatic heterocycles. The Labute approximate surface area is 154 Å². The van der Waals surface area contributed by atoms with Crippen LogP contribution in [-0.4, -0.2) is 67.0 Å². The van der Waals surface area contributed by atoms with Gasteiger partial charge in [0.2, 0.25) is 0 Å². The molecule has 0 bridgehead atoms. The summed E-state index contributed by atoms with van der Waals surface area (Å²) in [6, 6.07) is 0. The molecule has 0 aromatic carbocycles. The number of guanidine groups is 1. The lowest BCUT2D eigenvalue weighted by atomic mass is 9.95. The number of nitrogens with zero attached hydrogens (tertiary/aromatic N) is 3. The van der Waals surface area contributed by atoms with E-state index in [1.165, 1.54) is 0 Å². The van der Waals surface area contributed by atoms with Crippen LogP contribution in [0.4, 0.5) is 0 Å². The van der Waals surface area contributed by atoms with Gasteiger partial charge in [-0.15, -0.1) is 11.3 Å². The van der Waals surface area contributed by atoms with E-state index in [1.54, 1.807) is 18.4 Å². The fraction of sp³-hybridized carbons (Fsp3) is 0.765. The van der Waals surface area contributed by atoms with Crippen molar-refractivity contribution in [3.63, 3.8) is 0 Å². The predicted octanol–water partition coefficient (Wildman–Crippen LogP) is 1.79. The van der Waals surface area contributed by atoms with Gasteiger partial charge < -0.3 is 24.8 Å². The molecular formula is C17H30N4O3S. The highest BCUT2D eigenvalue weighted by Gasteiger charge is 2.29. The topological polar surface area (TPSA) is 79.2 Å². The van der Waals surface area contributed by atoms with E-state index in [-0.39, 0.29) is 6.10 Å². The minimum atomic E-state index is -0.762. The van der Waals surface area contributed by atoms with E-state index in [9.17, 15) is 5.11 Å². The molecule has 2 N–H and O–H groups in total. The maximum Gasteiger partial charge on any atom is 0.194 e. The van der Waals surface area contributed by atoms with Crippen molar-refractivity contribution in [2.24, 2.45) is 4.99 Å². The number of aromatic nitrogens is 1. The summed E-state index contributed by atoms with van der Waals surface area (Å²) in [5.41, 5.74) is 0.225. The lowest BCUT2D eigenvalue weighted by Gasteiger charge is -2.31. The molecule has 1 aliphatic rings. The van der Waals surface area contributed by atoms with Gasteiger partial charge in [-0.05, 0) is 13.8 Å². The van der Waals surface area contributed by atoms with E-state index in [0.717, 1.165) is 23.2 Å². The van der Waals surface area contributed by atoms with Crippen LogP contribution < -0.4 is 5.32 Å². The van der Waals surface area contributed by atoms with Crippen LogP contribution in [0.5, 0.6) is 0 Å². The first-order valence-electron chi connectivity index (χ1n) is 8.74. The molecule has 0 amide bonds. The Bertz CT molecular complexity index is 558. The van der Waals surface area contributed by atoms with Gasteiger partial charge in [-0.2, -0.15) is 0 Å². The number of hydrogen-bond donors (Lipinski definition) is 2. The molecule has 2 heterocycles. The second kappa shape index (κ2) is 9.47. The van der Waals surface area contributed by atoms with Crippen LogP contribution in [0.15, 0.2) is 10.4 Å². The Morgan fingerprint density at radius 3 is 2.92 bits per heavy atom. The van der Waals surface area contributed by atoms with Gasteiger partial charge >= 0.3 is 0 Å². The Morgan fingerprint density at radius 2 is 2.28 bits per heavy atom. The van der Waals surface area contributed by atoms with Crippen LogP contribution >= 0.6 is 11.3 Å². The monoisotopic (exact) mass is 370 g/mol. The van der Waals surface area contributed by atoms with Crippen LogP contribution in [0.1, 0.15) is 43.5 Å². The van der Waals surface area contributed by atoms with Gasteiger partial charge in [0.25, 0.3) is 0 Å². The second-order valence-electron chi connectivity index (χ2n) is 6.42. The number of nitrogens with one attached hydrogen (secondary N) is 1. The summed E-state index contributed by atoms with van der Waals surface area (Å²) < 4.78 is 10.6. The molecule has 1 aromatic rings. The van der Waals surface area contributed by atoms with Gasteiger partial charge in [0.05, 0.1) is 24.4 Å². The molecule has 0 spiro atoms. The van der Waals surface area contributed by atoms with Gasteiger partial charge in [0, 0.05) is 52.1 Å². The SMILES string of the molecule is CCNC(=NCC1(O)CCOCC1)N(C)Cc1csc(C(C)OC)n1. The number of methoxy groups -OCH3 is 1. The highest BCUT2D eigenvalue weighted by atomic mass is 32.1. The van der Waals surface area contributed by atoms with Gasteiger partial charge in [-0.3, -0.25) is 4.99 Å². The zero-order valence-corrected chi connectivity index (χ0v) is 16.4. The molecule has 1 saturated heterocycles. The summed E-state index contributed by atoms with van der Waals surface area (Å²) in [5, 5.41) is 16.9. The molecule has 1 aliphatic heterocycles. The van der Waals surface area contributed by atoms with Crippen molar-refractivity contribution in [3.8, 4) is 0 Å². The summed E-state index contributed by atoms with van der Waals surface area (Å²) in [6.45, 7) is 7.02. The average Bonchev–Trinajstić information content (AvgIpc) is 3.07. The van der Waals surface area contributed by atoms with Crippen LogP contribution in [0, 0.1) is 0 Å². The third kappa shape index (κ3) is 5.91. The quantitative estimate of drug-likeness (QED) is 0.563. The first-order valence-corrected chi connectivity index (χ1v) is 9.62. The van der Waals surface area contributed by atoms with Crippen molar-refractivity contribution in [1.29, 1.82) is 0 Å². The largest absolute Gasteiger partial charge is 0.388 e. The maximum absolute atomic E-state index is 10.6. The molecule has 2 rings (SSSR count). The van der Waals surface area contributed by atoms with Gasteiger partial charge in [-0.25, -0.2) is 4.98 Å². The molecule has 7 nitrogen and oxygen atoms in total. The maximum atomic E-state index is 10.6. The number of aliphatic imine (C=N–C) groups is 1. The van der Waals surface area contributed by atoms with Crippen LogP contribution in [0.2, 0.25) is 0 Å². The molecule has 142 valence electrons. The zero-order valence-electron chi connectivity index (χ0n) is 15.6. The average molecular weight is 371 g/mol. The van der Waals surface area contributed by atoms with Crippen LogP contribution in [0.3, 0.4) is 0 Å². The number of thiazole rings is 1. The van der Waals surface area contributed by atoms with Gasteiger partial charge in [-0.1, -0.05) is 0 Å². The standard InChI is InChI=1S/C17H30N4O3S/c1-5-18-16(19-12-17(22)6-8-24-9-7-17)21(3)10-14-11-25-15(20-14)13(2)23-4/h11,13,22H,5-10,12H2,1-4H3,(H,18,19). The van der Waals surface area contributed by atoms with E-state index < -0.39 is 5.60 Å². The number of aliphatic hydroxyl groups is 1. The Balaban J connectivity index is 2.00. The van der Waals surface area contributed by atoms with Crippen LogP contribution in [0.25, 0.3) is 0 Å². The smallest absolute Gasteiger partial charge is 0.194 e. The van der Waals surface area contributed by atoms with E-state index in [1.807, 2.05) is 25.8 Å². The predicted molar refractivity (Wildman–Crippen MR) is 100.0 cm³/mol. The summed E-state index contributed by atoms with van der Waals surface area (Å²) in [5.74, 6) is 0.775. The van der Waals surface area contributed by atoms with Crippen molar-refractivity contribution in [3.05, 3.63) is 16.1 Å². The molecule has 0 aliphatic carbocycles. The minimum absolute atomic E-state index is 0.00808. The Kier molecular flexibility index (Phi) is 7.61. The highest BCUT2D eigenvalue weighted by molar-refractivity contribution is 7.09. The molecule has 1 unspecified atom stereocenters. The molecule has 0 saturated carbocycles. The van der Waals surface area contributed by atoms with E-state index in [2.05, 4.69) is 20.7 Å². The molecule has 1 atom stereocenters. The van der Waals surface area contributed by atoms with Crippen molar-refractivity contribution in [1.82, 2.24) is 15.2 Å². The van der Waals surface area contributed by atoms with E-state index in [4.69, 9.17) is 9.47 Å². The summed E-state index contributed by atoms with van der Waals surface area (Å²) in [4.78, 5) is 11.3. The van der Waals surface area contributed by atoms with Crippen molar-refractivity contribution in [2.75, 3.05) is 40.5 Å². The lowest BCUT2D eigenvalue weighted by molar-refractivity contribution is -0.0566. The third-order valence-electron chi connectivity index (χ3n) is 4.31. The Morgan fingerprint density at radius 1 is 1.56 bits per heavy atom. The van der Waals surface area contributed by atoms with Crippen molar-refractivity contribution in [2.45, 2.75) is 44.9 Å². The summed E-state index contributed by atoms with van der Waals surface area (Å²) in [6.07, 6.45) is 1.27. The third-order valence-corrected chi connectivity index (χ3v) is 5.37. The fourth-order valence-electron chi connectivity index (χ4n) is 2.60. The van der Waals surface area contributed by atoms with Crippen molar-refractivity contribution >= 4 is 17.3 Å². The molecule has 1 fully saturated rings.